The molecule has 1 saturated heterocycles. The highest BCUT2D eigenvalue weighted by Crippen LogP contribution is 2.33. The molecule has 1 aliphatic heterocycles. The zero-order chi connectivity index (χ0) is 20.3. The van der Waals surface area contributed by atoms with Crippen LogP contribution in [0.5, 0.6) is 0 Å². The van der Waals surface area contributed by atoms with Crippen molar-refractivity contribution in [2.24, 2.45) is 0 Å². The molecule has 1 fully saturated rings. The quantitative estimate of drug-likeness (QED) is 0.249. The van der Waals surface area contributed by atoms with Gasteiger partial charge in [0.1, 0.15) is 18.3 Å². The third-order valence-electron chi connectivity index (χ3n) is 3.61. The van der Waals surface area contributed by atoms with Crippen LogP contribution >= 0.6 is 0 Å². The van der Waals surface area contributed by atoms with Crippen molar-refractivity contribution >= 4 is 11.9 Å². The molecule has 134 valence electrons. The van der Waals surface area contributed by atoms with Crippen molar-refractivity contribution in [1.29, 1.82) is 0 Å². The van der Waals surface area contributed by atoms with Gasteiger partial charge in [0, 0.05) is 24.5 Å². The van der Waals surface area contributed by atoms with Crippen molar-refractivity contribution in [3.8, 4) is 0 Å². The summed E-state index contributed by atoms with van der Waals surface area (Å²) >= 11 is 0. The molecule has 0 aromatic carbocycles. The van der Waals surface area contributed by atoms with Gasteiger partial charge >= 0.3 is 5.97 Å². The molecular weight excluding hydrogens is 315 g/mol. The van der Waals surface area contributed by atoms with Gasteiger partial charge in [-0.25, -0.2) is 4.79 Å². The first kappa shape index (κ1) is 15.2. The lowest BCUT2D eigenvalue weighted by Gasteiger charge is -2.46. The van der Waals surface area contributed by atoms with Crippen LogP contribution in [0.3, 0.4) is 0 Å². The zero-order valence-electron chi connectivity index (χ0n) is 15.6. The van der Waals surface area contributed by atoms with Crippen LogP contribution in [0.2, 0.25) is 0 Å². The number of ether oxygens (including phenoxy) is 3. The minimum absolute atomic E-state index is 0.555. The average molecular weight is 341 g/mol. The Hall–Kier alpha value is -1.30. The Morgan fingerprint density at radius 2 is 2.13 bits per heavy atom. The number of amides is 1. The van der Waals surface area contributed by atoms with Crippen LogP contribution in [0.15, 0.2) is 0 Å². The van der Waals surface area contributed by atoms with Gasteiger partial charge in [-0.3, -0.25) is 4.79 Å². The van der Waals surface area contributed by atoms with E-state index >= 15 is 0 Å². The summed E-state index contributed by atoms with van der Waals surface area (Å²) in [5.74, 6) is -4.67. The molecule has 0 aromatic rings. The molecular formula is C13H23NO9. The van der Waals surface area contributed by atoms with Crippen LogP contribution in [0.1, 0.15) is 17.4 Å². The molecule has 10 heteroatoms. The highest BCUT2D eigenvalue weighted by Gasteiger charge is 2.55. The number of carbonyl (C=O) groups excluding carboxylic acids is 2. The molecule has 1 heterocycles. The molecule has 0 spiro atoms. The van der Waals surface area contributed by atoms with Gasteiger partial charge < -0.3 is 40.0 Å². The van der Waals surface area contributed by atoms with Crippen molar-refractivity contribution in [3.63, 3.8) is 0 Å². The van der Waals surface area contributed by atoms with Gasteiger partial charge in [0.25, 0.3) is 5.79 Å². The molecule has 1 aliphatic rings. The highest BCUT2D eigenvalue weighted by atomic mass is 16.7. The van der Waals surface area contributed by atoms with E-state index in [2.05, 4.69) is 4.74 Å². The normalized spacial score (nSPS) is 36.1. The lowest BCUT2D eigenvalue weighted by Crippen LogP contribution is -2.67. The fourth-order valence-electron chi connectivity index (χ4n) is 2.40. The topological polar surface area (TPSA) is 155 Å². The SMILES string of the molecule is [2H]C([2H])([2H])[13C](=O)N[C@H]1[C@H]([C@H](O)[C@H](O)CO)O[C@](OC)(C(=O)OC)C[C@@H]1O. The Morgan fingerprint density at radius 3 is 2.61 bits per heavy atom. The molecule has 5 N–H and O–H groups in total. The molecule has 0 bridgehead atoms. The summed E-state index contributed by atoms with van der Waals surface area (Å²) in [6.07, 6.45) is -7.55. The van der Waals surface area contributed by atoms with Crippen LogP contribution in [-0.2, 0) is 23.8 Å². The van der Waals surface area contributed by atoms with Gasteiger partial charge in [-0.2, -0.15) is 0 Å². The van der Waals surface area contributed by atoms with Gasteiger partial charge in [-0.05, 0) is 0 Å². The van der Waals surface area contributed by atoms with Crippen LogP contribution in [0, 0.1) is 0 Å². The van der Waals surface area contributed by atoms with Gasteiger partial charge in [0.2, 0.25) is 5.91 Å². The average Bonchev–Trinajstić information content (AvgIpc) is 2.59. The summed E-state index contributed by atoms with van der Waals surface area (Å²) in [7, 11) is 2.09. The first-order valence-corrected chi connectivity index (χ1v) is 6.71. The summed E-state index contributed by atoms with van der Waals surface area (Å²) < 4.78 is 36.1. The number of hydrogen-bond donors (Lipinski definition) is 5. The molecule has 1 rings (SSSR count). The molecule has 1 amide bonds. The summed E-state index contributed by atoms with van der Waals surface area (Å²) in [5, 5.41) is 41.2. The number of aliphatic hydroxyl groups is 4. The standard InChI is InChI=1S/C13H23NO9/c1-6(16)14-9-7(17)4-13(22-3,12(20)21-2)23-11(9)10(19)8(18)5-15/h7-11,15,17-19H,4-5H2,1-3H3,(H,14,16)/t7-,8+,9+,10+,11+,13-/m0/s1/i1D3,6+1. The number of rotatable bonds is 6. The van der Waals surface area contributed by atoms with E-state index in [0.717, 1.165) is 14.2 Å². The lowest BCUT2D eigenvalue weighted by molar-refractivity contribution is -0.305. The van der Waals surface area contributed by atoms with Gasteiger partial charge in [0.05, 0.1) is 25.9 Å². The molecule has 10 nitrogen and oxygen atoms in total. The second-order valence-electron chi connectivity index (χ2n) is 5.04. The Bertz CT molecular complexity index is 518. The van der Waals surface area contributed by atoms with E-state index < -0.39 is 68.0 Å². The summed E-state index contributed by atoms with van der Waals surface area (Å²) in [6.45, 7) is -3.96. The summed E-state index contributed by atoms with van der Waals surface area (Å²) in [5.41, 5.74) is 0. The Labute approximate surface area is 137 Å². The van der Waals surface area contributed by atoms with Crippen molar-refractivity contribution < 1.29 is 48.3 Å². The highest BCUT2D eigenvalue weighted by molar-refractivity contribution is 5.78. The van der Waals surface area contributed by atoms with E-state index in [1.54, 1.807) is 0 Å². The van der Waals surface area contributed by atoms with Crippen molar-refractivity contribution in [3.05, 3.63) is 0 Å². The predicted molar refractivity (Wildman–Crippen MR) is 74.0 cm³/mol. The summed E-state index contributed by atoms with van der Waals surface area (Å²) in [6, 6.07) is -1.52. The fraction of sp³-hybridized carbons (Fsp3) is 0.846. The van der Waals surface area contributed by atoms with Gasteiger partial charge in [-0.15, -0.1) is 0 Å². The fourth-order valence-corrected chi connectivity index (χ4v) is 2.40. The maximum absolute atomic E-state index is 12.0. The molecule has 0 aliphatic carbocycles. The van der Waals surface area contributed by atoms with Crippen LogP contribution in [-0.4, -0.2) is 89.4 Å². The number of carbonyl (C=O) groups is 2. The zero-order valence-corrected chi connectivity index (χ0v) is 12.6. The number of aliphatic hydroxyl groups excluding tert-OH is 4. The van der Waals surface area contributed by atoms with Crippen LogP contribution < -0.4 is 5.32 Å². The molecule has 6 atom stereocenters. The molecule has 23 heavy (non-hydrogen) atoms. The number of nitrogens with one attached hydrogen (secondary N) is 1. The van der Waals surface area contributed by atoms with E-state index in [-0.39, 0.29) is 0 Å². The summed E-state index contributed by atoms with van der Waals surface area (Å²) in [4.78, 5) is 23.8. The Balaban J connectivity index is 3.23. The van der Waals surface area contributed by atoms with Gasteiger partial charge in [-0.1, -0.05) is 0 Å². The number of methoxy groups -OCH3 is 2. The molecule has 0 aromatic heterocycles. The smallest absolute Gasteiger partial charge is 0.366 e. The largest absolute Gasteiger partial charge is 0.465 e. The van der Waals surface area contributed by atoms with Gasteiger partial charge in [0.15, 0.2) is 0 Å². The van der Waals surface area contributed by atoms with Crippen molar-refractivity contribution in [2.75, 3.05) is 20.8 Å². The monoisotopic (exact) mass is 341 g/mol. The minimum atomic E-state index is -3.05. The Kier molecular flexibility index (Phi) is 5.30. The van der Waals surface area contributed by atoms with E-state index in [1.165, 1.54) is 0 Å². The second kappa shape index (κ2) is 7.99. The third-order valence-corrected chi connectivity index (χ3v) is 3.61. The maximum atomic E-state index is 12.0. The van der Waals surface area contributed by atoms with Crippen molar-refractivity contribution in [2.45, 2.75) is 49.5 Å². The van der Waals surface area contributed by atoms with Crippen LogP contribution in [0.25, 0.3) is 0 Å². The lowest BCUT2D eigenvalue weighted by atomic mass is 9.89. The predicted octanol–water partition coefficient (Wildman–Crippen LogP) is -3.13. The first-order valence-electron chi connectivity index (χ1n) is 8.21. The molecule has 0 radical (unpaired) electrons. The number of esters is 1. The molecule has 0 unspecified atom stereocenters. The minimum Gasteiger partial charge on any atom is -0.465 e. The molecule has 0 saturated carbocycles. The second-order valence-corrected chi connectivity index (χ2v) is 5.04. The van der Waals surface area contributed by atoms with Crippen LogP contribution in [0.4, 0.5) is 0 Å². The number of hydrogen-bond acceptors (Lipinski definition) is 9. The Morgan fingerprint density at radius 1 is 1.48 bits per heavy atom. The third kappa shape index (κ3) is 4.16. The first-order chi connectivity index (χ1) is 11.9. The van der Waals surface area contributed by atoms with E-state index in [4.69, 9.17) is 18.7 Å². The van der Waals surface area contributed by atoms with Crippen molar-refractivity contribution in [1.82, 2.24) is 5.32 Å². The van der Waals surface area contributed by atoms with E-state index in [9.17, 15) is 24.9 Å². The van der Waals surface area contributed by atoms with E-state index in [1.807, 2.05) is 5.32 Å². The maximum Gasteiger partial charge on any atom is 0.366 e. The van der Waals surface area contributed by atoms with E-state index in [0.29, 0.717) is 0 Å².